The molecule has 0 atom stereocenters. The Morgan fingerprint density at radius 1 is 1.18 bits per heavy atom. The number of halogens is 6. The third kappa shape index (κ3) is 3.46. The zero-order valence-electron chi connectivity index (χ0n) is 13.7. The van der Waals surface area contributed by atoms with Gasteiger partial charge < -0.3 is 5.73 Å². The number of thiazole rings is 1. The monoisotopic (exact) mass is 425 g/mol. The minimum Gasteiger partial charge on any atom is -0.364 e. The second-order valence-electron chi connectivity index (χ2n) is 5.67. The van der Waals surface area contributed by atoms with Crippen molar-refractivity contribution in [2.45, 2.75) is 25.8 Å². The zero-order chi connectivity index (χ0) is 21.0. The molecule has 2 N–H and O–H groups in total. The lowest BCUT2D eigenvalue weighted by atomic mass is 10.3. The van der Waals surface area contributed by atoms with Gasteiger partial charge in [0.25, 0.3) is 11.5 Å². The minimum absolute atomic E-state index is 0.0281. The Labute approximate surface area is 155 Å². The van der Waals surface area contributed by atoms with Crippen molar-refractivity contribution in [2.24, 2.45) is 5.73 Å². The molecular formula is C14H9F6N5O2S. The first kappa shape index (κ1) is 19.9. The van der Waals surface area contributed by atoms with Crippen LogP contribution in [0.3, 0.4) is 0 Å². The van der Waals surface area contributed by atoms with Crippen molar-refractivity contribution >= 4 is 22.2 Å². The van der Waals surface area contributed by atoms with Crippen molar-refractivity contribution < 1.29 is 31.1 Å². The second-order valence-corrected chi connectivity index (χ2v) is 6.65. The lowest BCUT2D eigenvalue weighted by Gasteiger charge is -2.06. The molecule has 14 heteroatoms. The lowest BCUT2D eigenvalue weighted by molar-refractivity contribution is -0.141. The molecule has 150 valence electrons. The van der Waals surface area contributed by atoms with Gasteiger partial charge in [0.1, 0.15) is 10.6 Å². The van der Waals surface area contributed by atoms with Crippen LogP contribution in [0.2, 0.25) is 0 Å². The normalized spacial score (nSPS) is 12.7. The fourth-order valence-electron chi connectivity index (χ4n) is 2.48. The van der Waals surface area contributed by atoms with E-state index in [1.807, 2.05) is 0 Å². The van der Waals surface area contributed by atoms with E-state index in [0.29, 0.717) is 4.40 Å². The molecule has 3 aromatic rings. The molecule has 0 spiro atoms. The first-order valence-corrected chi connectivity index (χ1v) is 8.15. The van der Waals surface area contributed by atoms with Gasteiger partial charge in [-0.25, -0.2) is 9.38 Å². The van der Waals surface area contributed by atoms with E-state index in [0.717, 1.165) is 16.8 Å². The summed E-state index contributed by atoms with van der Waals surface area (Å²) in [7, 11) is 0. The number of amides is 1. The number of aryl methyl sites for hydroxylation is 1. The molecule has 0 aliphatic heterocycles. The van der Waals surface area contributed by atoms with Crippen molar-refractivity contribution in [1.82, 2.24) is 19.2 Å². The van der Waals surface area contributed by atoms with Gasteiger partial charge in [0.15, 0.2) is 10.7 Å². The standard InChI is InChI=1S/C14H9F6N5O2S/c1-5-2-7(13(15,16)17)23-24(5)4-6-3-8(26)25-9(11(21)27)10(14(18,19)20)28-12(25)22-6/h2-3H,4H2,1H3,(H2,21,27). The fraction of sp³-hybridized carbons (Fsp3) is 0.286. The molecule has 3 rings (SSSR count). The number of hydrogen-bond acceptors (Lipinski definition) is 5. The van der Waals surface area contributed by atoms with Crippen LogP contribution < -0.4 is 11.3 Å². The van der Waals surface area contributed by atoms with Gasteiger partial charge in [0.2, 0.25) is 0 Å². The average Bonchev–Trinajstić information content (AvgIpc) is 3.08. The number of nitrogens with zero attached hydrogens (tertiary/aromatic N) is 4. The third-order valence-electron chi connectivity index (χ3n) is 3.65. The molecule has 1 amide bonds. The third-order valence-corrected chi connectivity index (χ3v) is 4.73. The summed E-state index contributed by atoms with van der Waals surface area (Å²) in [5, 5.41) is 3.37. The summed E-state index contributed by atoms with van der Waals surface area (Å²) in [5.74, 6) is -1.46. The Hall–Kier alpha value is -2.90. The Kier molecular flexibility index (Phi) is 4.48. The molecular weight excluding hydrogens is 416 g/mol. The van der Waals surface area contributed by atoms with E-state index in [-0.39, 0.29) is 22.7 Å². The van der Waals surface area contributed by atoms with Crippen LogP contribution in [-0.2, 0) is 18.9 Å². The van der Waals surface area contributed by atoms with E-state index in [2.05, 4.69) is 10.1 Å². The van der Waals surface area contributed by atoms with E-state index < -0.39 is 51.6 Å². The second kappa shape index (κ2) is 6.32. The SMILES string of the molecule is Cc1cc(C(F)(F)F)nn1Cc1cc(=O)n2c(C(N)=O)c(C(F)(F)F)sc2n1. The molecule has 28 heavy (non-hydrogen) atoms. The maximum atomic E-state index is 13.1. The Bertz CT molecular complexity index is 1140. The van der Waals surface area contributed by atoms with Gasteiger partial charge in [-0.05, 0) is 13.0 Å². The first-order valence-electron chi connectivity index (χ1n) is 7.33. The van der Waals surface area contributed by atoms with Gasteiger partial charge in [-0.3, -0.25) is 14.3 Å². The van der Waals surface area contributed by atoms with Gasteiger partial charge in [-0.15, -0.1) is 0 Å². The van der Waals surface area contributed by atoms with Crippen molar-refractivity contribution in [3.05, 3.63) is 50.1 Å². The van der Waals surface area contributed by atoms with E-state index in [4.69, 9.17) is 5.73 Å². The summed E-state index contributed by atoms with van der Waals surface area (Å²) < 4.78 is 78.9. The van der Waals surface area contributed by atoms with Gasteiger partial charge in [0, 0.05) is 11.8 Å². The van der Waals surface area contributed by atoms with Gasteiger partial charge in [-0.1, -0.05) is 11.3 Å². The highest BCUT2D eigenvalue weighted by molar-refractivity contribution is 7.17. The number of alkyl halides is 6. The molecule has 3 heterocycles. The highest BCUT2D eigenvalue weighted by atomic mass is 32.1. The zero-order valence-corrected chi connectivity index (χ0v) is 14.5. The van der Waals surface area contributed by atoms with Crippen LogP contribution in [0.5, 0.6) is 0 Å². The van der Waals surface area contributed by atoms with Crippen LogP contribution in [0.1, 0.15) is 32.4 Å². The summed E-state index contributed by atoms with van der Waals surface area (Å²) in [6.07, 6.45) is -9.63. The number of rotatable bonds is 3. The molecule has 0 aliphatic carbocycles. The number of aromatic nitrogens is 4. The van der Waals surface area contributed by atoms with E-state index in [9.17, 15) is 35.9 Å². The van der Waals surface area contributed by atoms with E-state index in [1.54, 1.807) is 0 Å². The summed E-state index contributed by atoms with van der Waals surface area (Å²) in [6.45, 7) is 0.949. The van der Waals surface area contributed by atoms with Crippen molar-refractivity contribution in [2.75, 3.05) is 0 Å². The molecule has 7 nitrogen and oxygen atoms in total. The number of fused-ring (bicyclic) bond motifs is 1. The van der Waals surface area contributed by atoms with E-state index in [1.165, 1.54) is 6.92 Å². The molecule has 0 saturated heterocycles. The lowest BCUT2D eigenvalue weighted by Crippen LogP contribution is -2.25. The highest BCUT2D eigenvalue weighted by Crippen LogP contribution is 2.37. The van der Waals surface area contributed by atoms with Crippen molar-refractivity contribution in [1.29, 1.82) is 0 Å². The summed E-state index contributed by atoms with van der Waals surface area (Å²) in [5.41, 5.74) is 1.72. The Morgan fingerprint density at radius 3 is 2.32 bits per heavy atom. The fourth-order valence-corrected chi connectivity index (χ4v) is 3.50. The van der Waals surface area contributed by atoms with Crippen LogP contribution in [0, 0.1) is 6.92 Å². The molecule has 3 aromatic heterocycles. The van der Waals surface area contributed by atoms with Crippen molar-refractivity contribution in [3.63, 3.8) is 0 Å². The minimum atomic E-state index is -4.95. The maximum Gasteiger partial charge on any atom is 0.435 e. The topological polar surface area (TPSA) is 95.3 Å². The molecule has 0 unspecified atom stereocenters. The number of nitrogens with two attached hydrogens (primary N) is 1. The molecule has 0 radical (unpaired) electrons. The molecule has 0 fully saturated rings. The number of carbonyl (C=O) groups excluding carboxylic acids is 1. The number of primary amides is 1. The van der Waals surface area contributed by atoms with Crippen LogP contribution in [0.4, 0.5) is 26.3 Å². The highest BCUT2D eigenvalue weighted by Gasteiger charge is 2.39. The van der Waals surface area contributed by atoms with Crippen LogP contribution >= 0.6 is 11.3 Å². The summed E-state index contributed by atoms with van der Waals surface area (Å²) >= 11 is 0.0281. The number of carbonyl (C=O) groups is 1. The smallest absolute Gasteiger partial charge is 0.364 e. The van der Waals surface area contributed by atoms with Crippen LogP contribution in [-0.4, -0.2) is 25.1 Å². The van der Waals surface area contributed by atoms with Gasteiger partial charge in [0.05, 0.1) is 12.2 Å². The van der Waals surface area contributed by atoms with Gasteiger partial charge >= 0.3 is 12.4 Å². The molecule has 0 aliphatic rings. The average molecular weight is 425 g/mol. The Morgan fingerprint density at radius 2 is 1.82 bits per heavy atom. The van der Waals surface area contributed by atoms with Crippen molar-refractivity contribution in [3.8, 4) is 0 Å². The number of hydrogen-bond donors (Lipinski definition) is 1. The van der Waals surface area contributed by atoms with Crippen LogP contribution in [0.15, 0.2) is 16.9 Å². The van der Waals surface area contributed by atoms with Gasteiger partial charge in [-0.2, -0.15) is 31.4 Å². The predicted octanol–water partition coefficient (Wildman–Crippen LogP) is 2.45. The molecule has 0 aromatic carbocycles. The first-order chi connectivity index (χ1) is 12.8. The quantitative estimate of drug-likeness (QED) is 0.653. The van der Waals surface area contributed by atoms with E-state index >= 15 is 0 Å². The molecule has 0 saturated carbocycles. The Balaban J connectivity index is 2.12. The largest absolute Gasteiger partial charge is 0.435 e. The summed E-state index contributed by atoms with van der Waals surface area (Å²) in [4.78, 5) is 25.7. The molecule has 0 bridgehead atoms. The van der Waals surface area contributed by atoms with Crippen LogP contribution in [0.25, 0.3) is 4.96 Å². The summed E-state index contributed by atoms with van der Waals surface area (Å²) in [6, 6.07) is 1.59. The maximum absolute atomic E-state index is 13.1. The predicted molar refractivity (Wildman–Crippen MR) is 83.9 cm³/mol.